The van der Waals surface area contributed by atoms with E-state index < -0.39 is 11.4 Å². The maximum Gasteiger partial charge on any atom is 2.00 e. The molecule has 0 aliphatic heterocycles. The van der Waals surface area contributed by atoms with Crippen LogP contribution in [0.3, 0.4) is 0 Å². The van der Waals surface area contributed by atoms with E-state index in [9.17, 15) is 0 Å². The number of hydrogen-bond acceptors (Lipinski definition) is 3. The third-order valence-electron chi connectivity index (χ3n) is 0. The molecule has 0 aromatic heterocycles. The van der Waals surface area contributed by atoms with E-state index in [1.807, 2.05) is 0 Å². The average Bonchev–Trinajstić information content (AvgIpc) is 1.41. The first kappa shape index (κ1) is 15.7. The van der Waals surface area contributed by atoms with Crippen molar-refractivity contribution in [1.29, 1.82) is 5.26 Å². The Morgan fingerprint density at radius 2 is 1.71 bits per heavy atom. The van der Waals surface area contributed by atoms with Gasteiger partial charge in [0.2, 0.25) is 0 Å². The summed E-state index contributed by atoms with van der Waals surface area (Å²) in [6.07, 6.45) is 0. The molecule has 1 atom stereocenters. The van der Waals surface area contributed by atoms with E-state index in [-0.39, 0.29) is 17.1 Å². The van der Waals surface area contributed by atoms with Crippen molar-refractivity contribution in [3.63, 3.8) is 0 Å². The molecule has 0 rings (SSSR count). The van der Waals surface area contributed by atoms with Crippen LogP contribution < -0.4 is 0 Å². The summed E-state index contributed by atoms with van der Waals surface area (Å²) in [6, 6.07) is 0. The predicted molar refractivity (Wildman–Crippen MR) is 16.5 cm³/mol. The molecule has 7 heavy (non-hydrogen) atoms. The molecule has 0 saturated heterocycles. The molecule has 4 nitrogen and oxygen atoms in total. The molecular weight excluding hydrogens is 170 g/mol. The van der Waals surface area contributed by atoms with Gasteiger partial charge in [-0.3, -0.25) is 0 Å². The first-order chi connectivity index (χ1) is 2.73. The van der Waals surface area contributed by atoms with Crippen LogP contribution in [0.1, 0.15) is 0 Å². The largest absolute Gasteiger partial charge is 2.00 e. The monoisotopic (exact) mass is 170 g/mol. The Bertz CT molecular complexity index is 59.2. The van der Waals surface area contributed by atoms with Crippen molar-refractivity contribution in [2.75, 3.05) is 0 Å². The maximum atomic E-state index is 8.56. The van der Waals surface area contributed by atoms with Gasteiger partial charge < -0.3 is 20.9 Å². The van der Waals surface area contributed by atoms with Gasteiger partial charge in [-0.15, -0.1) is 0 Å². The van der Waals surface area contributed by atoms with Crippen molar-refractivity contribution in [2.45, 2.75) is 0 Å². The topological polar surface area (TPSA) is 84.2 Å². The normalized spacial score (nSPS) is 9.14. The average molecular weight is 171 g/mol. The van der Waals surface area contributed by atoms with Gasteiger partial charge >= 0.3 is 17.1 Å². The molecule has 0 bridgehead atoms. The van der Waals surface area contributed by atoms with Crippen molar-refractivity contribution in [3.8, 4) is 0 Å². The van der Waals surface area contributed by atoms with Crippen LogP contribution in [0.4, 0.5) is 0 Å². The Labute approximate surface area is 54.1 Å². The van der Waals surface area contributed by atoms with Crippen LogP contribution in [0.15, 0.2) is 0 Å². The van der Waals surface area contributed by atoms with Crippen molar-refractivity contribution >= 4 is 11.4 Å². The first-order valence-corrected chi connectivity index (χ1v) is 1.77. The summed E-state index contributed by atoms with van der Waals surface area (Å²) in [6.45, 7) is 4.75. The second kappa shape index (κ2) is 16.5. The van der Waals surface area contributed by atoms with Crippen molar-refractivity contribution in [2.24, 2.45) is 0 Å². The fourth-order valence-electron chi connectivity index (χ4n) is 0. The number of hydrogen-bond donors (Lipinski definition) is 1. The van der Waals surface area contributed by atoms with Crippen LogP contribution in [0.5, 0.6) is 0 Å². The third-order valence-corrected chi connectivity index (χ3v) is 0. The van der Waals surface area contributed by atoms with E-state index >= 15 is 0 Å². The molecule has 0 spiro atoms. The smallest absolute Gasteiger partial charge is 0.750 e. The molecule has 1 unspecified atom stereocenters. The molecule has 0 heterocycles. The van der Waals surface area contributed by atoms with Crippen LogP contribution in [0.25, 0.3) is 0 Å². The van der Waals surface area contributed by atoms with Crippen LogP contribution in [-0.4, -0.2) is 13.3 Å². The molecule has 0 saturated carbocycles. The quantitative estimate of drug-likeness (QED) is 0.300. The van der Waals surface area contributed by atoms with Gasteiger partial charge in [0.1, 0.15) is 0 Å². The summed E-state index contributed by atoms with van der Waals surface area (Å²) in [7, 11) is 0. The van der Waals surface area contributed by atoms with Gasteiger partial charge in [-0.2, -0.15) is 0 Å². The first-order valence-electron chi connectivity index (χ1n) is 0.740. The van der Waals surface area contributed by atoms with E-state index in [0.29, 0.717) is 0 Å². The second-order valence-electron chi connectivity index (χ2n) is 0.217. The molecule has 45 valence electrons. The van der Waals surface area contributed by atoms with E-state index in [1.165, 1.54) is 0 Å². The van der Waals surface area contributed by atoms with Gasteiger partial charge in [0.15, 0.2) is 0 Å². The molecule has 0 aliphatic rings. The van der Waals surface area contributed by atoms with Crippen molar-refractivity contribution in [3.05, 3.63) is 6.57 Å². The zero-order valence-corrected chi connectivity index (χ0v) is 4.68. The van der Waals surface area contributed by atoms with E-state index in [1.54, 1.807) is 0 Å². The zero-order valence-electron chi connectivity index (χ0n) is 2.92. The van der Waals surface area contributed by atoms with Crippen LogP contribution in [-0.2, 0) is 28.4 Å². The van der Waals surface area contributed by atoms with Gasteiger partial charge in [0.25, 0.3) is 0 Å². The molecule has 0 amide bonds. The number of rotatable bonds is 0. The van der Waals surface area contributed by atoms with Gasteiger partial charge in [0.05, 0.1) is 11.4 Å². The Balaban J connectivity index is -0.0000000480. The SMILES string of the molecule is O=S([O-])O.[C-]#N.[Cu+2]. The second-order valence-corrected chi connectivity index (χ2v) is 0.651. The molecule has 0 aliphatic carbocycles. The summed E-state index contributed by atoms with van der Waals surface area (Å²) in [5.74, 6) is 0. The van der Waals surface area contributed by atoms with Crippen molar-refractivity contribution in [1.82, 2.24) is 0 Å². The maximum absolute atomic E-state index is 8.56. The van der Waals surface area contributed by atoms with Crippen LogP contribution in [0.2, 0.25) is 0 Å². The molecular formula is CHCuNO3S. The summed E-state index contributed by atoms with van der Waals surface area (Å²) >= 11 is -2.86. The number of nitrogens with zero attached hydrogens (tertiary/aromatic N) is 1. The standard InChI is InChI=1S/CN.Cu.H2O3S/c1-2;;1-4(2)3/h;;(H2,1,2,3)/q-1;+2;/p-1. The fourth-order valence-corrected chi connectivity index (χ4v) is 0. The fraction of sp³-hybridized carbons (Fsp3) is 0. The van der Waals surface area contributed by atoms with Crippen LogP contribution >= 0.6 is 0 Å². The van der Waals surface area contributed by atoms with Gasteiger partial charge in [-0.05, 0) is 0 Å². The molecule has 0 fully saturated rings. The Kier molecular flexibility index (Phi) is 37.2. The minimum Gasteiger partial charge on any atom is -0.750 e. The molecule has 0 aromatic rings. The predicted octanol–water partition coefficient (Wildman–Crippen LogP) is -0.568. The Morgan fingerprint density at radius 3 is 1.71 bits per heavy atom. The van der Waals surface area contributed by atoms with E-state index in [4.69, 9.17) is 25.1 Å². The Morgan fingerprint density at radius 1 is 1.71 bits per heavy atom. The summed E-state index contributed by atoms with van der Waals surface area (Å²) < 4.78 is 24.1. The summed E-state index contributed by atoms with van der Waals surface area (Å²) in [5, 5.41) is 6.25. The van der Waals surface area contributed by atoms with E-state index in [2.05, 4.69) is 0 Å². The van der Waals surface area contributed by atoms with Crippen LogP contribution in [0, 0.1) is 11.8 Å². The van der Waals surface area contributed by atoms with E-state index in [0.717, 1.165) is 0 Å². The van der Waals surface area contributed by atoms with Gasteiger partial charge in [-0.25, -0.2) is 4.21 Å². The van der Waals surface area contributed by atoms with Gasteiger partial charge in [-0.1, -0.05) is 0 Å². The zero-order chi connectivity index (χ0) is 5.58. The molecule has 6 heteroatoms. The minimum atomic E-state index is -2.86. The van der Waals surface area contributed by atoms with Gasteiger partial charge in [0, 0.05) is 0 Å². The minimum absolute atomic E-state index is 0. The molecule has 1 radical (unpaired) electrons. The summed E-state index contributed by atoms with van der Waals surface area (Å²) in [5.41, 5.74) is 0. The third kappa shape index (κ3) is 16000. The molecule has 0 aromatic carbocycles. The summed E-state index contributed by atoms with van der Waals surface area (Å²) in [4.78, 5) is 0. The molecule has 1 N–H and O–H groups in total. The Hall–Kier alpha value is 0.0795. The van der Waals surface area contributed by atoms with Crippen molar-refractivity contribution < 1.29 is 30.4 Å².